The number of nitrogen functional groups attached to an aromatic ring is 1. The minimum atomic E-state index is -0.418. The highest BCUT2D eigenvalue weighted by Crippen LogP contribution is 2.25. The molecule has 0 radical (unpaired) electrons. The number of carbonyl (C=O) groups excluding carboxylic acids is 1. The van der Waals surface area contributed by atoms with Crippen LogP contribution in [0, 0.1) is 6.92 Å². The maximum absolute atomic E-state index is 12.5. The van der Waals surface area contributed by atoms with Crippen LogP contribution in [0.5, 0.6) is 0 Å². The third kappa shape index (κ3) is 4.74. The number of amides is 1. The summed E-state index contributed by atoms with van der Waals surface area (Å²) in [6, 6.07) is 6.50. The largest absolute Gasteiger partial charge is 0.383 e. The summed E-state index contributed by atoms with van der Waals surface area (Å²) < 4.78 is 0. The molecule has 2 rings (SSSR count). The van der Waals surface area contributed by atoms with Gasteiger partial charge in [0, 0.05) is 16.8 Å². The van der Waals surface area contributed by atoms with E-state index in [0.717, 1.165) is 17.3 Å². The lowest BCUT2D eigenvalue weighted by Crippen LogP contribution is -2.25. The van der Waals surface area contributed by atoms with Crippen LogP contribution in [0.1, 0.15) is 18.9 Å². The van der Waals surface area contributed by atoms with Crippen LogP contribution in [0.15, 0.2) is 34.2 Å². The Labute approximate surface area is 142 Å². The Morgan fingerprint density at radius 2 is 2.22 bits per heavy atom. The van der Waals surface area contributed by atoms with E-state index in [1.807, 2.05) is 19.9 Å². The average molecular weight is 353 g/mol. The van der Waals surface area contributed by atoms with Crippen LogP contribution in [0.3, 0.4) is 0 Å². The summed E-state index contributed by atoms with van der Waals surface area (Å²) in [5.41, 5.74) is 6.78. The molecule has 1 amide bonds. The molecule has 0 aliphatic carbocycles. The lowest BCUT2D eigenvalue weighted by Gasteiger charge is -2.15. The summed E-state index contributed by atoms with van der Waals surface area (Å²) >= 11 is 7.12. The SMILES string of the molecule is CCC(Sc1nc(N)cc(=O)[nH]1)C(=O)Nc1cc(Cl)ccc1C. The van der Waals surface area contributed by atoms with E-state index in [4.69, 9.17) is 17.3 Å². The number of nitrogens with one attached hydrogen (secondary N) is 2. The van der Waals surface area contributed by atoms with Gasteiger partial charge in [0.05, 0.1) is 5.25 Å². The molecule has 122 valence electrons. The van der Waals surface area contributed by atoms with Gasteiger partial charge in [-0.2, -0.15) is 0 Å². The molecule has 1 unspecified atom stereocenters. The molecule has 6 nitrogen and oxygen atoms in total. The second-order valence-electron chi connectivity index (χ2n) is 4.94. The minimum absolute atomic E-state index is 0.122. The third-order valence-corrected chi connectivity index (χ3v) is 4.60. The summed E-state index contributed by atoms with van der Waals surface area (Å²) in [5.74, 6) is -0.0647. The van der Waals surface area contributed by atoms with Crippen molar-refractivity contribution in [2.24, 2.45) is 0 Å². The van der Waals surface area contributed by atoms with Gasteiger partial charge in [0.25, 0.3) is 5.56 Å². The van der Waals surface area contributed by atoms with Crippen molar-refractivity contribution in [3.8, 4) is 0 Å². The van der Waals surface area contributed by atoms with Crippen molar-refractivity contribution in [3.05, 3.63) is 45.2 Å². The van der Waals surface area contributed by atoms with Gasteiger partial charge < -0.3 is 16.0 Å². The van der Waals surface area contributed by atoms with E-state index >= 15 is 0 Å². The number of aryl methyl sites for hydroxylation is 1. The molecule has 1 aromatic carbocycles. The lowest BCUT2D eigenvalue weighted by molar-refractivity contribution is -0.115. The Hall–Kier alpha value is -1.99. The number of carbonyl (C=O) groups is 1. The number of nitrogens with two attached hydrogens (primary N) is 1. The van der Waals surface area contributed by atoms with Crippen LogP contribution in [-0.2, 0) is 4.79 Å². The van der Waals surface area contributed by atoms with Gasteiger partial charge in [-0.1, -0.05) is 36.4 Å². The van der Waals surface area contributed by atoms with Crippen molar-refractivity contribution in [1.29, 1.82) is 0 Å². The van der Waals surface area contributed by atoms with Gasteiger partial charge in [0.2, 0.25) is 5.91 Å². The summed E-state index contributed by atoms with van der Waals surface area (Å²) in [4.78, 5) is 30.5. The zero-order chi connectivity index (χ0) is 17.0. The topological polar surface area (TPSA) is 101 Å². The number of H-pyrrole nitrogens is 1. The van der Waals surface area contributed by atoms with Crippen molar-refractivity contribution in [1.82, 2.24) is 9.97 Å². The predicted octanol–water partition coefficient (Wildman–Crippen LogP) is 2.82. The van der Waals surface area contributed by atoms with Gasteiger partial charge in [-0.3, -0.25) is 9.59 Å². The molecule has 0 saturated heterocycles. The van der Waals surface area contributed by atoms with E-state index < -0.39 is 5.25 Å². The molecule has 0 aliphatic rings. The average Bonchev–Trinajstić information content (AvgIpc) is 2.47. The molecular weight excluding hydrogens is 336 g/mol. The van der Waals surface area contributed by atoms with Crippen molar-refractivity contribution >= 4 is 40.8 Å². The molecule has 0 fully saturated rings. The second kappa shape index (κ2) is 7.52. The van der Waals surface area contributed by atoms with Crippen LogP contribution < -0.4 is 16.6 Å². The Kier molecular flexibility index (Phi) is 5.68. The standard InChI is InChI=1S/C15H17ClN4O2S/c1-3-11(23-15-19-12(17)7-13(21)20-15)14(22)18-10-6-9(16)5-4-8(10)2/h4-7,11H,3H2,1-2H3,(H,18,22)(H3,17,19,20,21). The molecular formula is C15H17ClN4O2S. The highest BCUT2D eigenvalue weighted by molar-refractivity contribution is 8.00. The van der Waals surface area contributed by atoms with E-state index in [0.29, 0.717) is 22.3 Å². The predicted molar refractivity (Wildman–Crippen MR) is 94.0 cm³/mol. The number of benzene rings is 1. The second-order valence-corrected chi connectivity index (χ2v) is 6.57. The van der Waals surface area contributed by atoms with Crippen molar-refractivity contribution in [2.75, 3.05) is 11.1 Å². The molecule has 1 heterocycles. The zero-order valence-corrected chi connectivity index (χ0v) is 14.3. The Bertz CT molecular complexity index is 778. The molecule has 2 aromatic rings. The molecule has 0 spiro atoms. The van der Waals surface area contributed by atoms with Gasteiger partial charge in [-0.05, 0) is 31.0 Å². The maximum atomic E-state index is 12.5. The number of anilines is 2. The Morgan fingerprint density at radius 1 is 1.48 bits per heavy atom. The van der Waals surface area contributed by atoms with Gasteiger partial charge in [0.1, 0.15) is 5.82 Å². The van der Waals surface area contributed by atoms with Crippen LogP contribution >= 0.6 is 23.4 Å². The van der Waals surface area contributed by atoms with Gasteiger partial charge in [-0.25, -0.2) is 4.98 Å². The van der Waals surface area contributed by atoms with E-state index in [9.17, 15) is 9.59 Å². The van der Waals surface area contributed by atoms with E-state index in [-0.39, 0.29) is 17.3 Å². The molecule has 4 N–H and O–H groups in total. The smallest absolute Gasteiger partial charge is 0.253 e. The van der Waals surface area contributed by atoms with Crippen LogP contribution in [0.4, 0.5) is 11.5 Å². The normalized spacial score (nSPS) is 12.0. The monoisotopic (exact) mass is 352 g/mol. The van der Waals surface area contributed by atoms with Gasteiger partial charge in [0.15, 0.2) is 5.16 Å². The fraction of sp³-hybridized carbons (Fsp3) is 0.267. The van der Waals surface area contributed by atoms with Gasteiger partial charge in [-0.15, -0.1) is 0 Å². The molecule has 23 heavy (non-hydrogen) atoms. The summed E-state index contributed by atoms with van der Waals surface area (Å²) in [5, 5.41) is 3.31. The molecule has 1 atom stereocenters. The first-order valence-corrected chi connectivity index (χ1v) is 8.25. The molecule has 0 aliphatic heterocycles. The first-order valence-electron chi connectivity index (χ1n) is 6.99. The summed E-state index contributed by atoms with van der Waals surface area (Å²) in [6.45, 7) is 3.77. The minimum Gasteiger partial charge on any atom is -0.383 e. The van der Waals surface area contributed by atoms with Crippen molar-refractivity contribution in [3.63, 3.8) is 0 Å². The molecule has 0 bridgehead atoms. The fourth-order valence-corrected chi connectivity index (χ4v) is 3.00. The number of hydrogen-bond acceptors (Lipinski definition) is 5. The quantitative estimate of drug-likeness (QED) is 0.567. The Morgan fingerprint density at radius 3 is 2.87 bits per heavy atom. The molecule has 1 aromatic heterocycles. The summed E-state index contributed by atoms with van der Waals surface area (Å²) in [6.07, 6.45) is 0.564. The zero-order valence-electron chi connectivity index (χ0n) is 12.7. The van der Waals surface area contributed by atoms with Gasteiger partial charge >= 0.3 is 0 Å². The molecule has 8 heteroatoms. The number of nitrogens with zero attached hydrogens (tertiary/aromatic N) is 1. The highest BCUT2D eigenvalue weighted by Gasteiger charge is 2.20. The number of thioether (sulfide) groups is 1. The van der Waals surface area contributed by atoms with Crippen molar-refractivity contribution in [2.45, 2.75) is 30.7 Å². The number of aromatic nitrogens is 2. The van der Waals surface area contributed by atoms with Crippen molar-refractivity contribution < 1.29 is 4.79 Å². The highest BCUT2D eigenvalue weighted by atomic mass is 35.5. The molecule has 0 saturated carbocycles. The first kappa shape index (κ1) is 17.4. The number of halogens is 1. The number of hydrogen-bond donors (Lipinski definition) is 3. The number of aromatic amines is 1. The van der Waals surface area contributed by atoms with E-state index in [1.165, 1.54) is 6.07 Å². The van der Waals surface area contributed by atoms with E-state index in [1.54, 1.807) is 12.1 Å². The summed E-state index contributed by atoms with van der Waals surface area (Å²) in [7, 11) is 0. The van der Waals surface area contributed by atoms with E-state index in [2.05, 4.69) is 15.3 Å². The fourth-order valence-electron chi connectivity index (χ4n) is 1.91. The van der Waals surface area contributed by atoms with Crippen LogP contribution in [0.25, 0.3) is 0 Å². The third-order valence-electron chi connectivity index (χ3n) is 3.11. The maximum Gasteiger partial charge on any atom is 0.253 e. The van der Waals surface area contributed by atoms with Crippen LogP contribution in [0.2, 0.25) is 5.02 Å². The Balaban J connectivity index is 2.15. The number of rotatable bonds is 5. The lowest BCUT2D eigenvalue weighted by atomic mass is 10.2. The van der Waals surface area contributed by atoms with Crippen LogP contribution in [-0.4, -0.2) is 21.1 Å². The first-order chi connectivity index (χ1) is 10.9.